The van der Waals surface area contributed by atoms with Crippen molar-refractivity contribution < 1.29 is 9.53 Å². The number of benzene rings is 1. The highest BCUT2D eigenvalue weighted by atomic mass is 127. The van der Waals surface area contributed by atoms with Crippen molar-refractivity contribution >= 4 is 51.2 Å². The first-order chi connectivity index (χ1) is 7.34. The zero-order valence-corrected chi connectivity index (χ0v) is 13.8. The van der Waals surface area contributed by atoms with Crippen molar-refractivity contribution in [1.29, 1.82) is 0 Å². The maximum atomic E-state index is 12.0. The molecule has 1 atom stereocenters. The first-order valence-corrected chi connectivity index (χ1v) is 7.29. The monoisotopic (exact) mass is 444 g/mol. The topological polar surface area (TPSA) is 26.3 Å². The normalized spacial score (nSPS) is 13.3. The minimum Gasteiger partial charge on any atom is -0.455 e. The van der Waals surface area contributed by atoms with E-state index in [4.69, 9.17) is 4.74 Å². The summed E-state index contributed by atoms with van der Waals surface area (Å²) in [5.41, 5.74) is 0.185. The Labute approximate surface area is 123 Å². The minimum absolute atomic E-state index is 0.251. The Bertz CT molecular complexity index is 386. The molecule has 0 aromatic heterocycles. The molecular formula is C12H14I2O2. The van der Waals surface area contributed by atoms with Gasteiger partial charge in [0.2, 0.25) is 0 Å². The third-order valence-electron chi connectivity index (χ3n) is 2.41. The summed E-state index contributed by atoms with van der Waals surface area (Å²) in [5, 5.41) is 0. The molecule has 0 aliphatic heterocycles. The Morgan fingerprint density at radius 2 is 1.94 bits per heavy atom. The third kappa shape index (κ3) is 3.58. The molecule has 0 aliphatic rings. The largest absolute Gasteiger partial charge is 0.455 e. The highest BCUT2D eigenvalue weighted by Crippen LogP contribution is 2.24. The van der Waals surface area contributed by atoms with Crippen LogP contribution in [-0.2, 0) is 4.74 Å². The lowest BCUT2D eigenvalue weighted by Gasteiger charge is -2.28. The van der Waals surface area contributed by atoms with Crippen LogP contribution >= 0.6 is 45.2 Å². The van der Waals surface area contributed by atoms with E-state index in [0.29, 0.717) is 5.56 Å². The van der Waals surface area contributed by atoms with Crippen molar-refractivity contribution in [3.8, 4) is 0 Å². The van der Waals surface area contributed by atoms with Gasteiger partial charge in [-0.2, -0.15) is 0 Å². The van der Waals surface area contributed by atoms with E-state index >= 15 is 0 Å². The summed E-state index contributed by atoms with van der Waals surface area (Å²) in [7, 11) is 0. The quantitative estimate of drug-likeness (QED) is 0.400. The van der Waals surface area contributed by atoms with Crippen LogP contribution in [0.4, 0.5) is 0 Å². The summed E-state index contributed by atoms with van der Waals surface area (Å²) in [5.74, 6) is -0.251. The lowest BCUT2D eigenvalue weighted by Crippen LogP contribution is -2.35. The molecule has 0 radical (unpaired) electrons. The van der Waals surface area contributed by atoms with Crippen LogP contribution < -0.4 is 0 Å². The molecule has 1 aromatic rings. The van der Waals surface area contributed by atoms with E-state index in [2.05, 4.69) is 45.2 Å². The van der Waals surface area contributed by atoms with Crippen molar-refractivity contribution in [3.63, 3.8) is 0 Å². The van der Waals surface area contributed by atoms with Gasteiger partial charge in [0.25, 0.3) is 0 Å². The van der Waals surface area contributed by atoms with Gasteiger partial charge in [-0.15, -0.1) is 0 Å². The number of esters is 1. The fraction of sp³-hybridized carbons (Fsp3) is 0.417. The van der Waals surface area contributed by atoms with E-state index in [1.807, 2.05) is 39.0 Å². The molecular weight excluding hydrogens is 430 g/mol. The maximum Gasteiger partial charge on any atom is 0.339 e. The SMILES string of the molecule is CC(I)C(C)(C)OC(=O)c1ccccc1I. The van der Waals surface area contributed by atoms with Crippen LogP contribution in [0, 0.1) is 3.57 Å². The van der Waals surface area contributed by atoms with Gasteiger partial charge in [-0.05, 0) is 55.5 Å². The second kappa shape index (κ2) is 5.66. The van der Waals surface area contributed by atoms with Crippen LogP contribution in [0.5, 0.6) is 0 Å². The van der Waals surface area contributed by atoms with Gasteiger partial charge < -0.3 is 4.74 Å². The number of carbonyl (C=O) groups is 1. The van der Waals surface area contributed by atoms with E-state index in [0.717, 1.165) is 3.57 Å². The highest BCUT2D eigenvalue weighted by Gasteiger charge is 2.29. The number of hydrogen-bond acceptors (Lipinski definition) is 2. The van der Waals surface area contributed by atoms with Crippen molar-refractivity contribution in [3.05, 3.63) is 33.4 Å². The number of halogens is 2. The first-order valence-electron chi connectivity index (χ1n) is 4.96. The predicted octanol–water partition coefficient (Wildman–Crippen LogP) is 4.05. The van der Waals surface area contributed by atoms with E-state index in [-0.39, 0.29) is 9.89 Å². The summed E-state index contributed by atoms with van der Waals surface area (Å²) < 4.78 is 6.69. The number of carbonyl (C=O) groups excluding carboxylic acids is 1. The van der Waals surface area contributed by atoms with Crippen molar-refractivity contribution in [2.75, 3.05) is 0 Å². The lowest BCUT2D eigenvalue weighted by atomic mass is 10.1. The molecule has 0 aliphatic carbocycles. The molecule has 0 bridgehead atoms. The molecule has 2 nitrogen and oxygen atoms in total. The summed E-state index contributed by atoms with van der Waals surface area (Å²) in [6.45, 7) is 5.89. The lowest BCUT2D eigenvalue weighted by molar-refractivity contribution is 0.00161. The molecule has 0 spiro atoms. The van der Waals surface area contributed by atoms with Crippen LogP contribution in [0.15, 0.2) is 24.3 Å². The van der Waals surface area contributed by atoms with Gasteiger partial charge in [0.05, 0.1) is 5.56 Å². The van der Waals surface area contributed by atoms with Gasteiger partial charge in [0, 0.05) is 7.49 Å². The molecule has 1 rings (SSSR count). The number of alkyl halides is 1. The van der Waals surface area contributed by atoms with Crippen molar-refractivity contribution in [1.82, 2.24) is 0 Å². The fourth-order valence-corrected chi connectivity index (χ4v) is 1.74. The highest BCUT2D eigenvalue weighted by molar-refractivity contribution is 14.1. The second-order valence-corrected chi connectivity index (χ2v) is 7.12. The van der Waals surface area contributed by atoms with Crippen molar-refractivity contribution in [2.24, 2.45) is 0 Å². The Hall–Kier alpha value is 0.150. The van der Waals surface area contributed by atoms with E-state index < -0.39 is 5.60 Å². The van der Waals surface area contributed by atoms with Crippen LogP contribution in [-0.4, -0.2) is 15.5 Å². The van der Waals surface area contributed by atoms with Crippen molar-refractivity contribution in [2.45, 2.75) is 30.3 Å². The van der Waals surface area contributed by atoms with E-state index in [1.54, 1.807) is 6.07 Å². The van der Waals surface area contributed by atoms with E-state index in [1.165, 1.54) is 0 Å². The second-order valence-electron chi connectivity index (χ2n) is 4.09. The third-order valence-corrected chi connectivity index (χ3v) is 4.85. The molecule has 88 valence electrons. The molecule has 0 heterocycles. The van der Waals surface area contributed by atoms with Gasteiger partial charge in [-0.25, -0.2) is 4.79 Å². The fourth-order valence-electron chi connectivity index (χ4n) is 1.00. The van der Waals surface area contributed by atoms with Gasteiger partial charge >= 0.3 is 5.97 Å². The number of ether oxygens (including phenoxy) is 1. The predicted molar refractivity (Wildman–Crippen MR) is 82.1 cm³/mol. The zero-order chi connectivity index (χ0) is 12.3. The Balaban J connectivity index is 2.85. The Morgan fingerprint density at radius 1 is 1.38 bits per heavy atom. The van der Waals surface area contributed by atoms with Gasteiger partial charge in [-0.1, -0.05) is 34.7 Å². The molecule has 1 aromatic carbocycles. The summed E-state index contributed by atoms with van der Waals surface area (Å²) in [6.07, 6.45) is 0. The van der Waals surface area contributed by atoms with Gasteiger partial charge in [-0.3, -0.25) is 0 Å². The van der Waals surface area contributed by atoms with Crippen LogP contribution in [0.1, 0.15) is 31.1 Å². The summed E-state index contributed by atoms with van der Waals surface area (Å²) >= 11 is 4.41. The maximum absolute atomic E-state index is 12.0. The average Bonchev–Trinajstić information content (AvgIpc) is 2.17. The van der Waals surface area contributed by atoms with Crippen LogP contribution in [0.25, 0.3) is 0 Å². The number of hydrogen-bond donors (Lipinski definition) is 0. The van der Waals surface area contributed by atoms with E-state index in [9.17, 15) is 4.79 Å². The Morgan fingerprint density at radius 3 is 2.44 bits per heavy atom. The minimum atomic E-state index is -0.448. The van der Waals surface area contributed by atoms with Crippen LogP contribution in [0.2, 0.25) is 0 Å². The molecule has 0 fully saturated rings. The standard InChI is InChI=1S/C12H14I2O2/c1-8(13)12(2,3)16-11(15)9-6-4-5-7-10(9)14/h4-8H,1-3H3. The molecule has 16 heavy (non-hydrogen) atoms. The van der Waals surface area contributed by atoms with Gasteiger partial charge in [0.1, 0.15) is 5.60 Å². The zero-order valence-electron chi connectivity index (χ0n) is 9.46. The van der Waals surface area contributed by atoms with Gasteiger partial charge in [0.15, 0.2) is 0 Å². The summed E-state index contributed by atoms with van der Waals surface area (Å²) in [6, 6.07) is 7.44. The average molecular weight is 444 g/mol. The molecule has 4 heteroatoms. The molecule has 0 saturated carbocycles. The molecule has 0 amide bonds. The molecule has 0 saturated heterocycles. The summed E-state index contributed by atoms with van der Waals surface area (Å²) in [4.78, 5) is 12.0. The van der Waals surface area contributed by atoms with Crippen LogP contribution in [0.3, 0.4) is 0 Å². The smallest absolute Gasteiger partial charge is 0.339 e. The number of rotatable bonds is 3. The Kier molecular flexibility index (Phi) is 5.03. The first kappa shape index (κ1) is 14.2. The molecule has 0 N–H and O–H groups in total. The molecule has 1 unspecified atom stereocenters.